The molecular weight excluding hydrogens is 415 g/mol. The van der Waals surface area contributed by atoms with E-state index >= 15 is 0 Å². The summed E-state index contributed by atoms with van der Waals surface area (Å²) >= 11 is 0. The van der Waals surface area contributed by atoms with Crippen molar-refractivity contribution in [2.45, 2.75) is 32.2 Å². The highest BCUT2D eigenvalue weighted by atomic mass is 35.5. The fourth-order valence-electron chi connectivity index (χ4n) is 3.85. The number of halogens is 2. The molecule has 3 N–H and O–H groups in total. The molecular formula is C19H26Cl2N6O2. The van der Waals surface area contributed by atoms with Gasteiger partial charge in [-0.2, -0.15) is 5.10 Å². The third kappa shape index (κ3) is 5.07. The standard InChI is InChI=1S/C19H24N6O2.2ClH/c1-13(25-12-21-11-22-25)17(26)23-14-2-4-15(5-3-14)24-18(27)16-10-19(16)6-8-20-9-7-19;;/h2-5,11-13,16,20H,6-10H2,1H3,(H,23,26)(H,24,27);2*1H. The van der Waals surface area contributed by atoms with Crippen LogP contribution in [0.4, 0.5) is 11.4 Å². The van der Waals surface area contributed by atoms with Gasteiger partial charge in [0, 0.05) is 17.3 Å². The van der Waals surface area contributed by atoms with E-state index in [1.165, 1.54) is 17.3 Å². The van der Waals surface area contributed by atoms with Crippen LogP contribution in [-0.4, -0.2) is 39.7 Å². The van der Waals surface area contributed by atoms with Crippen molar-refractivity contribution in [1.82, 2.24) is 20.1 Å². The molecule has 29 heavy (non-hydrogen) atoms. The van der Waals surface area contributed by atoms with Crippen LogP contribution in [-0.2, 0) is 9.59 Å². The summed E-state index contributed by atoms with van der Waals surface area (Å²) < 4.78 is 1.50. The lowest BCUT2D eigenvalue weighted by molar-refractivity contribution is -0.119. The second-order valence-electron chi connectivity index (χ2n) is 7.48. The number of carbonyl (C=O) groups excluding carboxylic acids is 2. The van der Waals surface area contributed by atoms with Crippen LogP contribution in [0.1, 0.15) is 32.2 Å². The summed E-state index contributed by atoms with van der Waals surface area (Å²) in [5.41, 5.74) is 1.64. The molecule has 2 amide bonds. The van der Waals surface area contributed by atoms with Gasteiger partial charge in [0.2, 0.25) is 11.8 Å². The second-order valence-corrected chi connectivity index (χ2v) is 7.48. The van der Waals surface area contributed by atoms with Gasteiger partial charge in [-0.05, 0) is 69.0 Å². The van der Waals surface area contributed by atoms with Gasteiger partial charge in [0.15, 0.2) is 0 Å². The van der Waals surface area contributed by atoms with Crippen LogP contribution < -0.4 is 16.0 Å². The molecule has 1 saturated carbocycles. The zero-order chi connectivity index (χ0) is 18.9. The molecule has 1 saturated heterocycles. The third-order valence-electron chi connectivity index (χ3n) is 5.74. The molecule has 10 heteroatoms. The molecule has 8 nitrogen and oxygen atoms in total. The van der Waals surface area contributed by atoms with Crippen LogP contribution in [0.15, 0.2) is 36.9 Å². The Bertz CT molecular complexity index is 822. The molecule has 1 aliphatic carbocycles. The summed E-state index contributed by atoms with van der Waals surface area (Å²) in [7, 11) is 0. The molecule has 158 valence electrons. The van der Waals surface area contributed by atoms with Crippen LogP contribution in [0.2, 0.25) is 0 Å². The van der Waals surface area contributed by atoms with Gasteiger partial charge in [-0.1, -0.05) is 0 Å². The fourth-order valence-corrected chi connectivity index (χ4v) is 3.85. The van der Waals surface area contributed by atoms with Crippen molar-refractivity contribution in [3.05, 3.63) is 36.9 Å². The van der Waals surface area contributed by atoms with E-state index in [1.54, 1.807) is 19.1 Å². The van der Waals surface area contributed by atoms with E-state index in [1.807, 2.05) is 12.1 Å². The highest BCUT2D eigenvalue weighted by Gasteiger charge is 2.57. The molecule has 1 aliphatic heterocycles. The average Bonchev–Trinajstić information content (AvgIpc) is 3.11. The molecule has 1 aromatic carbocycles. The van der Waals surface area contributed by atoms with Crippen molar-refractivity contribution in [3.8, 4) is 0 Å². The maximum absolute atomic E-state index is 12.5. The maximum atomic E-state index is 12.5. The van der Waals surface area contributed by atoms with Crippen LogP contribution in [0.5, 0.6) is 0 Å². The largest absolute Gasteiger partial charge is 0.326 e. The number of benzene rings is 1. The normalized spacial score (nSPS) is 20.0. The first-order valence-corrected chi connectivity index (χ1v) is 9.34. The van der Waals surface area contributed by atoms with Crippen LogP contribution >= 0.6 is 24.8 Å². The summed E-state index contributed by atoms with van der Waals surface area (Å²) in [6, 6.07) is 6.74. The molecule has 2 aliphatic rings. The summed E-state index contributed by atoms with van der Waals surface area (Å²) in [5, 5.41) is 13.2. The van der Waals surface area contributed by atoms with Crippen LogP contribution in [0.25, 0.3) is 0 Å². The van der Waals surface area contributed by atoms with Crippen LogP contribution in [0.3, 0.4) is 0 Å². The second kappa shape index (κ2) is 9.56. The number of hydrogen-bond acceptors (Lipinski definition) is 5. The topological polar surface area (TPSA) is 101 Å². The van der Waals surface area contributed by atoms with Crippen molar-refractivity contribution >= 4 is 48.0 Å². The van der Waals surface area contributed by atoms with E-state index < -0.39 is 6.04 Å². The Kier molecular flexibility index (Phi) is 7.62. The Balaban J connectivity index is 0.00000150. The highest BCUT2D eigenvalue weighted by Crippen LogP contribution is 2.58. The van der Waals surface area contributed by atoms with Crippen molar-refractivity contribution in [2.75, 3.05) is 23.7 Å². The Hall–Kier alpha value is -2.16. The fraction of sp³-hybridized carbons (Fsp3) is 0.474. The summed E-state index contributed by atoms with van der Waals surface area (Å²) in [6.45, 7) is 3.77. The number of nitrogens with zero attached hydrogens (tertiary/aromatic N) is 3. The van der Waals surface area contributed by atoms with Crippen molar-refractivity contribution in [2.24, 2.45) is 11.3 Å². The minimum atomic E-state index is -0.456. The molecule has 4 rings (SSSR count). The molecule has 0 radical (unpaired) electrons. The first kappa shape index (κ1) is 23.1. The molecule has 2 atom stereocenters. The van der Waals surface area contributed by atoms with Gasteiger partial charge in [-0.15, -0.1) is 24.8 Å². The monoisotopic (exact) mass is 440 g/mol. The van der Waals surface area contributed by atoms with E-state index in [4.69, 9.17) is 0 Å². The number of anilines is 2. The van der Waals surface area contributed by atoms with E-state index in [-0.39, 0.29) is 48.0 Å². The lowest BCUT2D eigenvalue weighted by Crippen LogP contribution is -2.31. The van der Waals surface area contributed by atoms with E-state index in [2.05, 4.69) is 26.0 Å². The Morgan fingerprint density at radius 3 is 2.34 bits per heavy atom. The molecule has 1 spiro atoms. The lowest BCUT2D eigenvalue weighted by Gasteiger charge is -2.23. The predicted molar refractivity (Wildman–Crippen MR) is 116 cm³/mol. The average molecular weight is 441 g/mol. The SMILES string of the molecule is CC(C(=O)Nc1ccc(NC(=O)C2CC23CCNCC3)cc1)n1cncn1.Cl.Cl. The zero-order valence-corrected chi connectivity index (χ0v) is 17.8. The Morgan fingerprint density at radius 1 is 1.14 bits per heavy atom. The number of carbonyl (C=O) groups is 2. The van der Waals surface area contributed by atoms with Gasteiger partial charge in [0.25, 0.3) is 0 Å². The zero-order valence-electron chi connectivity index (χ0n) is 16.1. The Labute approximate surface area is 182 Å². The molecule has 2 unspecified atom stereocenters. The van der Waals surface area contributed by atoms with Gasteiger partial charge in [-0.3, -0.25) is 9.59 Å². The summed E-state index contributed by atoms with van der Waals surface area (Å²) in [5.74, 6) is 0.0547. The molecule has 1 aromatic heterocycles. The summed E-state index contributed by atoms with van der Waals surface area (Å²) in [6.07, 6.45) is 6.07. The number of aromatic nitrogens is 3. The number of rotatable bonds is 5. The number of hydrogen-bond donors (Lipinski definition) is 3. The van der Waals surface area contributed by atoms with Crippen molar-refractivity contribution in [1.29, 1.82) is 0 Å². The van der Waals surface area contributed by atoms with Gasteiger partial charge >= 0.3 is 0 Å². The lowest BCUT2D eigenvalue weighted by atomic mass is 9.92. The first-order chi connectivity index (χ1) is 13.1. The summed E-state index contributed by atoms with van der Waals surface area (Å²) in [4.78, 5) is 28.6. The molecule has 2 fully saturated rings. The minimum absolute atomic E-state index is 0. The van der Waals surface area contributed by atoms with Gasteiger partial charge < -0.3 is 16.0 Å². The predicted octanol–water partition coefficient (Wildman–Crippen LogP) is 2.65. The number of piperidine rings is 1. The van der Waals surface area contributed by atoms with Crippen LogP contribution in [0, 0.1) is 11.3 Å². The quantitative estimate of drug-likeness (QED) is 0.663. The minimum Gasteiger partial charge on any atom is -0.326 e. The number of nitrogens with one attached hydrogen (secondary N) is 3. The van der Waals surface area contributed by atoms with E-state index in [0.717, 1.165) is 38.0 Å². The first-order valence-electron chi connectivity index (χ1n) is 9.34. The van der Waals surface area contributed by atoms with Crippen molar-refractivity contribution < 1.29 is 9.59 Å². The molecule has 2 aromatic rings. The molecule has 0 bridgehead atoms. The maximum Gasteiger partial charge on any atom is 0.249 e. The van der Waals surface area contributed by atoms with E-state index in [0.29, 0.717) is 5.69 Å². The van der Waals surface area contributed by atoms with Gasteiger partial charge in [0.05, 0.1) is 0 Å². The van der Waals surface area contributed by atoms with Crippen molar-refractivity contribution in [3.63, 3.8) is 0 Å². The number of amides is 2. The third-order valence-corrected chi connectivity index (χ3v) is 5.74. The van der Waals surface area contributed by atoms with E-state index in [9.17, 15) is 9.59 Å². The van der Waals surface area contributed by atoms with Gasteiger partial charge in [-0.25, -0.2) is 9.67 Å². The smallest absolute Gasteiger partial charge is 0.249 e. The highest BCUT2D eigenvalue weighted by molar-refractivity contribution is 5.96. The van der Waals surface area contributed by atoms with Gasteiger partial charge in [0.1, 0.15) is 18.7 Å². The Morgan fingerprint density at radius 2 is 1.76 bits per heavy atom. The molecule has 2 heterocycles.